The Morgan fingerprint density at radius 2 is 2.00 bits per heavy atom. The van der Waals surface area contributed by atoms with Gasteiger partial charge in [0.05, 0.1) is 0 Å². The fourth-order valence-corrected chi connectivity index (χ4v) is 1.25. The summed E-state index contributed by atoms with van der Waals surface area (Å²) in [5, 5.41) is 3.47. The Kier molecular flexibility index (Phi) is 7.17. The molecule has 0 aromatic rings. The SMILES string of the molecule is CC#CCCC(C)=CCCNC(C)(C)C. The van der Waals surface area contributed by atoms with Crippen molar-refractivity contribution in [3.8, 4) is 11.8 Å². The van der Waals surface area contributed by atoms with Gasteiger partial charge in [-0.15, -0.1) is 11.8 Å². The van der Waals surface area contributed by atoms with Crippen molar-refractivity contribution in [2.45, 2.75) is 59.4 Å². The van der Waals surface area contributed by atoms with Crippen molar-refractivity contribution in [3.63, 3.8) is 0 Å². The van der Waals surface area contributed by atoms with E-state index < -0.39 is 0 Å². The van der Waals surface area contributed by atoms with E-state index in [2.05, 4.69) is 50.9 Å². The summed E-state index contributed by atoms with van der Waals surface area (Å²) in [4.78, 5) is 0. The first-order valence-electron chi connectivity index (χ1n) is 5.76. The molecule has 0 aliphatic heterocycles. The van der Waals surface area contributed by atoms with Crippen LogP contribution < -0.4 is 5.32 Å². The summed E-state index contributed by atoms with van der Waals surface area (Å²) in [7, 11) is 0. The minimum absolute atomic E-state index is 0.232. The average Bonchev–Trinajstić information content (AvgIpc) is 2.11. The minimum atomic E-state index is 0.232. The third kappa shape index (κ3) is 11.2. The van der Waals surface area contributed by atoms with Crippen LogP contribution >= 0.6 is 0 Å². The molecular weight excluding hydrogens is 182 g/mol. The van der Waals surface area contributed by atoms with E-state index in [-0.39, 0.29) is 5.54 Å². The van der Waals surface area contributed by atoms with E-state index >= 15 is 0 Å². The van der Waals surface area contributed by atoms with Crippen molar-refractivity contribution < 1.29 is 0 Å². The van der Waals surface area contributed by atoms with Gasteiger partial charge in [0.15, 0.2) is 0 Å². The maximum absolute atomic E-state index is 3.47. The molecule has 15 heavy (non-hydrogen) atoms. The number of nitrogens with one attached hydrogen (secondary N) is 1. The Bertz CT molecular complexity index is 245. The van der Waals surface area contributed by atoms with Crippen molar-refractivity contribution in [3.05, 3.63) is 11.6 Å². The van der Waals surface area contributed by atoms with Crippen LogP contribution in [0.1, 0.15) is 53.9 Å². The molecule has 0 aliphatic carbocycles. The minimum Gasteiger partial charge on any atom is -0.312 e. The normalized spacial score (nSPS) is 12.2. The van der Waals surface area contributed by atoms with E-state index in [0.29, 0.717) is 0 Å². The lowest BCUT2D eigenvalue weighted by Crippen LogP contribution is -2.36. The van der Waals surface area contributed by atoms with E-state index in [9.17, 15) is 0 Å². The van der Waals surface area contributed by atoms with Gasteiger partial charge >= 0.3 is 0 Å². The van der Waals surface area contributed by atoms with E-state index in [1.807, 2.05) is 6.92 Å². The van der Waals surface area contributed by atoms with E-state index in [1.165, 1.54) is 5.57 Å². The highest BCUT2D eigenvalue weighted by Crippen LogP contribution is 2.05. The zero-order valence-corrected chi connectivity index (χ0v) is 10.9. The van der Waals surface area contributed by atoms with Crippen molar-refractivity contribution >= 4 is 0 Å². The highest BCUT2D eigenvalue weighted by atomic mass is 14.9. The summed E-state index contributed by atoms with van der Waals surface area (Å²) in [5.74, 6) is 6.01. The molecule has 1 heteroatoms. The molecule has 0 saturated heterocycles. The molecule has 0 spiro atoms. The first-order valence-corrected chi connectivity index (χ1v) is 5.76. The topological polar surface area (TPSA) is 12.0 Å². The van der Waals surface area contributed by atoms with Gasteiger partial charge in [-0.25, -0.2) is 0 Å². The van der Waals surface area contributed by atoms with Gasteiger partial charge in [0, 0.05) is 12.0 Å². The number of hydrogen-bond acceptors (Lipinski definition) is 1. The van der Waals surface area contributed by atoms with Crippen LogP contribution in [-0.4, -0.2) is 12.1 Å². The Morgan fingerprint density at radius 1 is 1.33 bits per heavy atom. The van der Waals surface area contributed by atoms with Gasteiger partial charge in [-0.05, 0) is 54.0 Å². The Labute approximate surface area is 95.3 Å². The lowest BCUT2D eigenvalue weighted by Gasteiger charge is -2.19. The van der Waals surface area contributed by atoms with Crippen molar-refractivity contribution in [2.24, 2.45) is 0 Å². The number of rotatable bonds is 5. The molecule has 0 aromatic carbocycles. The zero-order chi connectivity index (χ0) is 11.7. The molecule has 0 amide bonds. The van der Waals surface area contributed by atoms with E-state index in [0.717, 1.165) is 25.8 Å². The number of hydrogen-bond donors (Lipinski definition) is 1. The Morgan fingerprint density at radius 3 is 2.53 bits per heavy atom. The largest absolute Gasteiger partial charge is 0.312 e. The summed E-state index contributed by atoms with van der Waals surface area (Å²) >= 11 is 0. The van der Waals surface area contributed by atoms with E-state index in [1.54, 1.807) is 0 Å². The van der Waals surface area contributed by atoms with Crippen molar-refractivity contribution in [1.82, 2.24) is 5.32 Å². The van der Waals surface area contributed by atoms with Crippen LogP contribution in [0.25, 0.3) is 0 Å². The van der Waals surface area contributed by atoms with E-state index in [4.69, 9.17) is 0 Å². The maximum Gasteiger partial charge on any atom is 0.0126 e. The first kappa shape index (κ1) is 14.3. The van der Waals surface area contributed by atoms with Gasteiger partial charge in [-0.1, -0.05) is 11.6 Å². The average molecular weight is 207 g/mol. The van der Waals surface area contributed by atoms with Gasteiger partial charge in [-0.3, -0.25) is 0 Å². The second-order valence-electron chi connectivity index (χ2n) is 4.94. The molecule has 0 aliphatic rings. The fraction of sp³-hybridized carbons (Fsp3) is 0.714. The van der Waals surface area contributed by atoms with Crippen LogP contribution in [-0.2, 0) is 0 Å². The molecular formula is C14H25N. The lowest BCUT2D eigenvalue weighted by atomic mass is 10.1. The van der Waals surface area contributed by atoms with Gasteiger partial charge in [-0.2, -0.15) is 0 Å². The summed E-state index contributed by atoms with van der Waals surface area (Å²) in [6, 6.07) is 0. The third-order valence-electron chi connectivity index (χ3n) is 2.11. The molecule has 0 unspecified atom stereocenters. The molecule has 1 N–H and O–H groups in total. The molecule has 0 radical (unpaired) electrons. The molecule has 0 heterocycles. The van der Waals surface area contributed by atoms with Crippen LogP contribution in [0.2, 0.25) is 0 Å². The van der Waals surface area contributed by atoms with Crippen molar-refractivity contribution in [1.29, 1.82) is 0 Å². The summed E-state index contributed by atoms with van der Waals surface area (Å²) < 4.78 is 0. The second-order valence-corrected chi connectivity index (χ2v) is 4.94. The molecule has 86 valence electrons. The maximum atomic E-state index is 3.47. The summed E-state index contributed by atoms with van der Waals surface area (Å²) in [6.45, 7) is 11.7. The molecule has 1 nitrogen and oxygen atoms in total. The second kappa shape index (κ2) is 7.54. The molecule has 0 atom stereocenters. The van der Waals surface area contributed by atoms with Crippen LogP contribution in [0, 0.1) is 11.8 Å². The van der Waals surface area contributed by atoms with Crippen LogP contribution in [0.5, 0.6) is 0 Å². The lowest BCUT2D eigenvalue weighted by molar-refractivity contribution is 0.431. The van der Waals surface area contributed by atoms with Crippen molar-refractivity contribution in [2.75, 3.05) is 6.54 Å². The highest BCUT2D eigenvalue weighted by molar-refractivity contribution is 5.04. The van der Waals surface area contributed by atoms with Gasteiger partial charge < -0.3 is 5.32 Å². The quantitative estimate of drug-likeness (QED) is 0.413. The fourth-order valence-electron chi connectivity index (χ4n) is 1.25. The predicted octanol–water partition coefficient (Wildman–Crippen LogP) is 3.51. The van der Waals surface area contributed by atoms with Gasteiger partial charge in [0.2, 0.25) is 0 Å². The van der Waals surface area contributed by atoms with Gasteiger partial charge in [0.1, 0.15) is 0 Å². The summed E-state index contributed by atoms with van der Waals surface area (Å²) in [6.07, 6.45) is 5.53. The van der Waals surface area contributed by atoms with Crippen LogP contribution in [0.4, 0.5) is 0 Å². The van der Waals surface area contributed by atoms with Crippen LogP contribution in [0.15, 0.2) is 11.6 Å². The Balaban J connectivity index is 3.61. The van der Waals surface area contributed by atoms with Crippen LogP contribution in [0.3, 0.4) is 0 Å². The van der Waals surface area contributed by atoms with Gasteiger partial charge in [0.25, 0.3) is 0 Å². The smallest absolute Gasteiger partial charge is 0.0126 e. The molecule has 0 fully saturated rings. The third-order valence-corrected chi connectivity index (χ3v) is 2.11. The zero-order valence-electron chi connectivity index (χ0n) is 10.9. The molecule has 0 saturated carbocycles. The summed E-state index contributed by atoms with van der Waals surface area (Å²) in [5.41, 5.74) is 1.68. The molecule has 0 rings (SSSR count). The Hall–Kier alpha value is -0.740. The highest BCUT2D eigenvalue weighted by Gasteiger charge is 2.06. The first-order chi connectivity index (χ1) is 6.95. The molecule has 0 bridgehead atoms. The predicted molar refractivity (Wildman–Crippen MR) is 68.8 cm³/mol. The monoisotopic (exact) mass is 207 g/mol. The number of allylic oxidation sites excluding steroid dienone is 1. The standard InChI is InChI=1S/C14H25N/c1-6-7-8-10-13(2)11-9-12-15-14(3,4)5/h11,15H,8-10,12H2,1-5H3. The molecule has 0 aromatic heterocycles.